The van der Waals surface area contributed by atoms with Gasteiger partial charge in [0, 0.05) is 4.47 Å². The molecular weight excluding hydrogens is 280 g/mol. The number of benzene rings is 1. The summed E-state index contributed by atoms with van der Waals surface area (Å²) < 4.78 is 26.0. The molecule has 80 valence electrons. The zero-order valence-corrected chi connectivity index (χ0v) is 10.3. The Hall–Kier alpha value is -1.06. The van der Waals surface area contributed by atoms with Crippen molar-refractivity contribution in [3.63, 3.8) is 0 Å². The van der Waals surface area contributed by atoms with Gasteiger partial charge < -0.3 is 0 Å². The highest BCUT2D eigenvalue weighted by atomic mass is 79.9. The van der Waals surface area contributed by atoms with Gasteiger partial charge in [0.2, 0.25) is 10.0 Å². The lowest BCUT2D eigenvalue weighted by atomic mass is 10.3. The Morgan fingerprint density at radius 2 is 2.07 bits per heavy atom. The molecule has 0 spiro atoms. The van der Waals surface area contributed by atoms with Crippen molar-refractivity contribution < 1.29 is 8.42 Å². The largest absolute Gasteiger partial charge is 0.281 e. The maximum atomic E-state index is 11.5. The minimum absolute atomic E-state index is 0.430. The van der Waals surface area contributed by atoms with Gasteiger partial charge in [-0.25, -0.2) is 8.42 Å². The van der Waals surface area contributed by atoms with Crippen molar-refractivity contribution >= 4 is 31.6 Å². The van der Waals surface area contributed by atoms with Gasteiger partial charge in [-0.3, -0.25) is 4.72 Å². The molecular formula is C9H9BrN2O2S. The third kappa shape index (κ3) is 2.94. The molecule has 0 aromatic heterocycles. The van der Waals surface area contributed by atoms with Crippen LogP contribution in [0, 0.1) is 11.3 Å². The van der Waals surface area contributed by atoms with E-state index in [0.29, 0.717) is 10.2 Å². The van der Waals surface area contributed by atoms with Crippen molar-refractivity contribution in [3.05, 3.63) is 28.7 Å². The number of rotatable bonds is 3. The molecule has 6 heteroatoms. The van der Waals surface area contributed by atoms with Gasteiger partial charge >= 0.3 is 0 Å². The van der Waals surface area contributed by atoms with E-state index in [1.54, 1.807) is 30.3 Å². The monoisotopic (exact) mass is 288 g/mol. The molecule has 0 saturated carbocycles. The van der Waals surface area contributed by atoms with Crippen molar-refractivity contribution in [1.29, 1.82) is 5.26 Å². The quantitative estimate of drug-likeness (QED) is 0.926. The van der Waals surface area contributed by atoms with Gasteiger partial charge in [0.05, 0.1) is 11.8 Å². The molecule has 1 rings (SSSR count). The standard InChI is InChI=1S/C9H9BrN2O2S/c1-7(6-11)15(13,14)12-9-5-3-2-4-8(9)10/h2-5,7,12H,1H3. The lowest BCUT2D eigenvalue weighted by molar-refractivity contribution is 0.597. The summed E-state index contributed by atoms with van der Waals surface area (Å²) in [6.07, 6.45) is 0. The molecule has 1 atom stereocenters. The summed E-state index contributed by atoms with van der Waals surface area (Å²) in [6, 6.07) is 8.49. The van der Waals surface area contributed by atoms with Crippen LogP contribution in [0.1, 0.15) is 6.92 Å². The number of halogens is 1. The van der Waals surface area contributed by atoms with Gasteiger partial charge in [-0.1, -0.05) is 12.1 Å². The molecule has 0 aliphatic carbocycles. The second-order valence-electron chi connectivity index (χ2n) is 2.90. The fourth-order valence-electron chi connectivity index (χ4n) is 0.855. The van der Waals surface area contributed by atoms with Crippen LogP contribution in [-0.4, -0.2) is 13.7 Å². The number of sulfonamides is 1. The Morgan fingerprint density at radius 1 is 1.47 bits per heavy atom. The summed E-state index contributed by atoms with van der Waals surface area (Å²) in [7, 11) is -3.63. The SMILES string of the molecule is CC(C#N)S(=O)(=O)Nc1ccccc1Br. The first-order chi connectivity index (χ1) is 6.97. The van der Waals surface area contributed by atoms with E-state index in [4.69, 9.17) is 5.26 Å². The molecule has 0 aliphatic heterocycles. The van der Waals surface area contributed by atoms with E-state index in [2.05, 4.69) is 20.7 Å². The lowest BCUT2D eigenvalue weighted by Crippen LogP contribution is -2.23. The van der Waals surface area contributed by atoms with E-state index in [1.807, 2.05) is 0 Å². The van der Waals surface area contributed by atoms with Crippen molar-refractivity contribution in [2.24, 2.45) is 0 Å². The third-order valence-electron chi connectivity index (χ3n) is 1.77. The third-order valence-corrected chi connectivity index (χ3v) is 4.01. The summed E-state index contributed by atoms with van der Waals surface area (Å²) in [5.74, 6) is 0. The summed E-state index contributed by atoms with van der Waals surface area (Å²) in [5.41, 5.74) is 0.430. The summed E-state index contributed by atoms with van der Waals surface area (Å²) in [4.78, 5) is 0. The molecule has 0 amide bonds. The first-order valence-electron chi connectivity index (χ1n) is 4.13. The van der Waals surface area contributed by atoms with Crippen LogP contribution in [0.3, 0.4) is 0 Å². The minimum atomic E-state index is -3.63. The van der Waals surface area contributed by atoms with Crippen LogP contribution in [0.4, 0.5) is 5.69 Å². The topological polar surface area (TPSA) is 70.0 Å². The molecule has 0 fully saturated rings. The smallest absolute Gasteiger partial charge is 0.248 e. The summed E-state index contributed by atoms with van der Waals surface area (Å²) in [5, 5.41) is 7.46. The van der Waals surface area contributed by atoms with Crippen LogP contribution < -0.4 is 4.72 Å². The Bertz CT molecular complexity index is 493. The Morgan fingerprint density at radius 3 is 2.60 bits per heavy atom. The molecule has 1 aromatic carbocycles. The van der Waals surface area contributed by atoms with Crippen molar-refractivity contribution in [3.8, 4) is 6.07 Å². The highest BCUT2D eigenvalue weighted by molar-refractivity contribution is 9.10. The van der Waals surface area contributed by atoms with Crippen molar-refractivity contribution in [2.75, 3.05) is 4.72 Å². The van der Waals surface area contributed by atoms with E-state index >= 15 is 0 Å². The van der Waals surface area contributed by atoms with Crippen LogP contribution >= 0.6 is 15.9 Å². The molecule has 0 radical (unpaired) electrons. The molecule has 1 N–H and O–H groups in total. The van der Waals surface area contributed by atoms with Crippen LogP contribution in [0.2, 0.25) is 0 Å². The average molecular weight is 289 g/mol. The minimum Gasteiger partial charge on any atom is -0.281 e. The van der Waals surface area contributed by atoms with Crippen LogP contribution in [0.15, 0.2) is 28.7 Å². The molecule has 0 aliphatic rings. The van der Waals surface area contributed by atoms with Crippen molar-refractivity contribution in [1.82, 2.24) is 0 Å². The van der Waals surface area contributed by atoms with Gasteiger partial charge in [-0.2, -0.15) is 5.26 Å². The van der Waals surface area contributed by atoms with E-state index in [9.17, 15) is 8.42 Å². The normalized spacial score (nSPS) is 12.9. The van der Waals surface area contributed by atoms with E-state index in [1.165, 1.54) is 6.92 Å². The van der Waals surface area contributed by atoms with E-state index in [-0.39, 0.29) is 0 Å². The molecule has 0 bridgehead atoms. The van der Waals surface area contributed by atoms with E-state index < -0.39 is 15.3 Å². The molecule has 15 heavy (non-hydrogen) atoms. The Balaban J connectivity index is 2.98. The molecule has 0 saturated heterocycles. The molecule has 1 aromatic rings. The number of hydrogen-bond donors (Lipinski definition) is 1. The summed E-state index contributed by atoms with van der Waals surface area (Å²) in [6.45, 7) is 1.33. The second kappa shape index (κ2) is 4.64. The van der Waals surface area contributed by atoms with Crippen molar-refractivity contribution in [2.45, 2.75) is 12.2 Å². The highest BCUT2D eigenvalue weighted by Crippen LogP contribution is 2.23. The maximum absolute atomic E-state index is 11.5. The molecule has 4 nitrogen and oxygen atoms in total. The number of anilines is 1. The fourth-order valence-corrected chi connectivity index (χ4v) is 2.17. The fraction of sp³-hybridized carbons (Fsp3) is 0.222. The van der Waals surface area contributed by atoms with Crippen LogP contribution in [0.25, 0.3) is 0 Å². The Labute approximate surface area is 97.1 Å². The Kier molecular flexibility index (Phi) is 3.72. The number of nitriles is 1. The zero-order chi connectivity index (χ0) is 11.5. The number of nitrogens with one attached hydrogen (secondary N) is 1. The van der Waals surface area contributed by atoms with E-state index in [0.717, 1.165) is 0 Å². The summed E-state index contributed by atoms with van der Waals surface area (Å²) >= 11 is 3.21. The predicted molar refractivity (Wildman–Crippen MR) is 61.8 cm³/mol. The van der Waals surface area contributed by atoms with Gasteiger partial charge in [0.1, 0.15) is 0 Å². The second-order valence-corrected chi connectivity index (χ2v) is 5.75. The van der Waals surface area contributed by atoms with Crippen LogP contribution in [-0.2, 0) is 10.0 Å². The molecule has 1 unspecified atom stereocenters. The van der Waals surface area contributed by atoms with Gasteiger partial charge in [0.25, 0.3) is 0 Å². The number of para-hydroxylation sites is 1. The number of hydrogen-bond acceptors (Lipinski definition) is 3. The molecule has 0 heterocycles. The first-order valence-corrected chi connectivity index (χ1v) is 6.47. The zero-order valence-electron chi connectivity index (χ0n) is 7.94. The number of nitrogens with zero attached hydrogens (tertiary/aromatic N) is 1. The highest BCUT2D eigenvalue weighted by Gasteiger charge is 2.20. The van der Waals surface area contributed by atoms with Gasteiger partial charge in [0.15, 0.2) is 5.25 Å². The lowest BCUT2D eigenvalue weighted by Gasteiger charge is -2.10. The average Bonchev–Trinajstić information content (AvgIpc) is 2.20. The maximum Gasteiger partial charge on any atom is 0.248 e. The van der Waals surface area contributed by atoms with Crippen LogP contribution in [0.5, 0.6) is 0 Å². The predicted octanol–water partition coefficient (Wildman–Crippen LogP) is 2.10. The van der Waals surface area contributed by atoms with Gasteiger partial charge in [-0.05, 0) is 35.0 Å². The van der Waals surface area contributed by atoms with Gasteiger partial charge in [-0.15, -0.1) is 0 Å². The first kappa shape index (κ1) is 12.0.